The molecule has 0 saturated carbocycles. The van der Waals surface area contributed by atoms with E-state index in [9.17, 15) is 30.3 Å². The molecule has 0 bridgehead atoms. The van der Waals surface area contributed by atoms with Crippen LogP contribution in [0.25, 0.3) is 11.0 Å². The zero-order chi connectivity index (χ0) is 18.6. The largest absolute Gasteiger partial charge is 0.504 e. The Bertz CT molecular complexity index is 755. The molecule has 138 valence electrons. The lowest BCUT2D eigenvalue weighted by atomic mass is 10.0. The smallest absolute Gasteiger partial charge is 0.336 e. The van der Waals surface area contributed by atoms with Crippen LogP contribution in [0.1, 0.15) is 6.92 Å². The second kappa shape index (κ2) is 8.28. The molecule has 0 radical (unpaired) electrons. The van der Waals surface area contributed by atoms with Crippen molar-refractivity contribution in [3.63, 3.8) is 0 Å². The van der Waals surface area contributed by atoms with Crippen LogP contribution >= 0.6 is 0 Å². The van der Waals surface area contributed by atoms with E-state index in [-0.39, 0.29) is 17.1 Å². The van der Waals surface area contributed by atoms with E-state index in [2.05, 4.69) is 0 Å². The summed E-state index contributed by atoms with van der Waals surface area (Å²) in [6, 6.07) is 5.34. The van der Waals surface area contributed by atoms with Gasteiger partial charge in [-0.3, -0.25) is 0 Å². The van der Waals surface area contributed by atoms with E-state index >= 15 is 0 Å². The van der Waals surface area contributed by atoms with E-state index in [0.29, 0.717) is 5.39 Å². The van der Waals surface area contributed by atoms with Crippen LogP contribution in [0.3, 0.4) is 0 Å². The number of hydrogen-bond acceptors (Lipinski definition) is 9. The molecule has 2 aromatic rings. The van der Waals surface area contributed by atoms with Gasteiger partial charge >= 0.3 is 5.63 Å². The third-order valence-electron chi connectivity index (χ3n) is 3.60. The minimum atomic E-state index is -1.53. The summed E-state index contributed by atoms with van der Waals surface area (Å²) in [5.41, 5.74) is -0.373. The van der Waals surface area contributed by atoms with Crippen LogP contribution in [0.2, 0.25) is 0 Å². The molecule has 0 amide bonds. The first-order valence-electron chi connectivity index (χ1n) is 7.49. The van der Waals surface area contributed by atoms with Crippen molar-refractivity contribution in [1.82, 2.24) is 0 Å². The fourth-order valence-corrected chi connectivity index (χ4v) is 2.15. The monoisotopic (exact) mass is 356 g/mol. The molecule has 25 heavy (non-hydrogen) atoms. The minimum Gasteiger partial charge on any atom is -0.504 e. The third-order valence-corrected chi connectivity index (χ3v) is 3.60. The highest BCUT2D eigenvalue weighted by Crippen LogP contribution is 2.30. The second-order valence-electron chi connectivity index (χ2n) is 5.48. The molecule has 1 heterocycles. The maximum Gasteiger partial charge on any atom is 0.336 e. The lowest BCUT2D eigenvalue weighted by Crippen LogP contribution is -2.46. The van der Waals surface area contributed by atoms with Crippen LogP contribution in [-0.2, 0) is 4.74 Å². The molecule has 2 rings (SSSR count). The van der Waals surface area contributed by atoms with Gasteiger partial charge in [0.15, 0.2) is 18.3 Å². The zero-order valence-electron chi connectivity index (χ0n) is 13.4. The summed E-state index contributed by atoms with van der Waals surface area (Å²) in [4.78, 5) is 11.1. The Morgan fingerprint density at radius 1 is 1.16 bits per heavy atom. The van der Waals surface area contributed by atoms with E-state index in [4.69, 9.17) is 13.9 Å². The van der Waals surface area contributed by atoms with Crippen LogP contribution in [0, 0.1) is 0 Å². The summed E-state index contributed by atoms with van der Waals surface area (Å²) in [7, 11) is 0. The number of aromatic hydroxyl groups is 1. The molecule has 4 atom stereocenters. The Kier molecular flexibility index (Phi) is 6.34. The topological polar surface area (TPSA) is 150 Å². The van der Waals surface area contributed by atoms with Gasteiger partial charge in [-0.05, 0) is 19.1 Å². The summed E-state index contributed by atoms with van der Waals surface area (Å²) in [6.45, 7) is 0.206. The van der Waals surface area contributed by atoms with Crippen LogP contribution in [0.5, 0.6) is 11.5 Å². The number of ether oxygens (including phenoxy) is 2. The first-order valence-corrected chi connectivity index (χ1v) is 7.49. The Morgan fingerprint density at radius 3 is 2.52 bits per heavy atom. The van der Waals surface area contributed by atoms with Gasteiger partial charge in [-0.2, -0.15) is 0 Å². The van der Waals surface area contributed by atoms with Crippen molar-refractivity contribution in [2.45, 2.75) is 31.3 Å². The highest BCUT2D eigenvalue weighted by molar-refractivity contribution is 5.80. The number of benzene rings is 1. The molecular weight excluding hydrogens is 336 g/mol. The number of rotatable bonds is 8. The summed E-state index contributed by atoms with van der Waals surface area (Å²) in [6.07, 6.45) is -5.46. The van der Waals surface area contributed by atoms with Crippen molar-refractivity contribution in [2.75, 3.05) is 13.4 Å². The van der Waals surface area contributed by atoms with Crippen LogP contribution < -0.4 is 10.4 Å². The summed E-state index contributed by atoms with van der Waals surface area (Å²) in [5, 5.41) is 48.3. The van der Waals surface area contributed by atoms with Gasteiger partial charge in [0.25, 0.3) is 0 Å². The standard InChI is InChI=1S/C16H20O9/c1-8(18)15(21)16(22)13(6-17)24-7-23-12-4-9-2-3-14(20)25-11(9)5-10(12)19/h2-5,8,13,15-19,21-22H,6-7H2,1H3. The summed E-state index contributed by atoms with van der Waals surface area (Å²) >= 11 is 0. The highest BCUT2D eigenvalue weighted by atomic mass is 16.7. The van der Waals surface area contributed by atoms with Crippen molar-refractivity contribution in [2.24, 2.45) is 0 Å². The van der Waals surface area contributed by atoms with Crippen molar-refractivity contribution in [3.05, 3.63) is 34.7 Å². The number of aliphatic hydroxyl groups excluding tert-OH is 4. The lowest BCUT2D eigenvalue weighted by molar-refractivity contribution is -0.153. The van der Waals surface area contributed by atoms with Crippen LogP contribution in [-0.4, -0.2) is 63.3 Å². The molecule has 9 nitrogen and oxygen atoms in total. The molecule has 0 aliphatic heterocycles. The van der Waals surface area contributed by atoms with Gasteiger partial charge in [0, 0.05) is 17.5 Å². The Morgan fingerprint density at radius 2 is 1.88 bits per heavy atom. The molecule has 0 aliphatic carbocycles. The number of fused-ring (bicyclic) bond motifs is 1. The number of phenols is 1. The van der Waals surface area contributed by atoms with E-state index < -0.39 is 43.4 Å². The van der Waals surface area contributed by atoms with Crippen molar-refractivity contribution >= 4 is 11.0 Å². The molecule has 0 fully saturated rings. The van der Waals surface area contributed by atoms with Gasteiger partial charge in [0.2, 0.25) is 0 Å². The fourth-order valence-electron chi connectivity index (χ4n) is 2.15. The van der Waals surface area contributed by atoms with Gasteiger partial charge in [0.1, 0.15) is 23.9 Å². The quantitative estimate of drug-likeness (QED) is 0.306. The molecule has 0 spiro atoms. The average Bonchev–Trinajstić information content (AvgIpc) is 2.57. The first kappa shape index (κ1) is 19.2. The lowest BCUT2D eigenvalue weighted by Gasteiger charge is -2.27. The maximum atomic E-state index is 11.1. The second-order valence-corrected chi connectivity index (χ2v) is 5.48. The molecule has 1 aromatic carbocycles. The molecule has 0 aliphatic rings. The molecular formula is C16H20O9. The van der Waals surface area contributed by atoms with Crippen LogP contribution in [0.15, 0.2) is 33.5 Å². The average molecular weight is 356 g/mol. The fraction of sp³-hybridized carbons (Fsp3) is 0.438. The number of phenolic OH excluding ortho intramolecular Hbond substituents is 1. The number of hydrogen-bond donors (Lipinski definition) is 5. The Balaban J connectivity index is 2.03. The van der Waals surface area contributed by atoms with Crippen molar-refractivity contribution in [3.8, 4) is 11.5 Å². The SMILES string of the molecule is CC(O)C(O)C(O)C(CO)OCOc1cc2ccc(=O)oc2cc1O. The maximum absolute atomic E-state index is 11.1. The van der Waals surface area contributed by atoms with Gasteiger partial charge in [-0.25, -0.2) is 4.79 Å². The van der Waals surface area contributed by atoms with Crippen molar-refractivity contribution in [1.29, 1.82) is 0 Å². The van der Waals surface area contributed by atoms with Crippen molar-refractivity contribution < 1.29 is 39.4 Å². The Labute approximate surface area is 142 Å². The van der Waals surface area contributed by atoms with Gasteiger partial charge in [0.05, 0.1) is 12.7 Å². The molecule has 0 saturated heterocycles. The summed E-state index contributed by atoms with van der Waals surface area (Å²) in [5.74, 6) is -0.265. The molecule has 5 N–H and O–H groups in total. The normalized spacial score (nSPS) is 16.4. The molecule has 1 aromatic heterocycles. The Hall–Kier alpha value is -2.17. The van der Waals surface area contributed by atoms with E-state index in [1.165, 1.54) is 31.2 Å². The molecule has 9 heteroatoms. The first-order chi connectivity index (χ1) is 11.8. The van der Waals surface area contributed by atoms with Gasteiger partial charge < -0.3 is 39.4 Å². The molecule has 4 unspecified atom stereocenters. The number of aliphatic hydroxyl groups is 4. The van der Waals surface area contributed by atoms with Gasteiger partial charge in [-0.1, -0.05) is 0 Å². The minimum absolute atomic E-state index is 0.0311. The predicted molar refractivity (Wildman–Crippen MR) is 85.3 cm³/mol. The predicted octanol–water partition coefficient (Wildman–Crippen LogP) is -0.685. The van der Waals surface area contributed by atoms with Gasteiger partial charge in [-0.15, -0.1) is 0 Å². The van der Waals surface area contributed by atoms with E-state index in [0.717, 1.165) is 0 Å². The van der Waals surface area contributed by atoms with E-state index in [1.807, 2.05) is 0 Å². The van der Waals surface area contributed by atoms with Crippen LogP contribution in [0.4, 0.5) is 0 Å². The summed E-state index contributed by atoms with van der Waals surface area (Å²) < 4.78 is 15.3. The highest BCUT2D eigenvalue weighted by Gasteiger charge is 2.29. The van der Waals surface area contributed by atoms with E-state index in [1.54, 1.807) is 0 Å². The third kappa shape index (κ3) is 4.68. The zero-order valence-corrected chi connectivity index (χ0v) is 13.4.